The van der Waals surface area contributed by atoms with E-state index in [1.165, 1.54) is 5.56 Å². The van der Waals surface area contributed by atoms with E-state index < -0.39 is 10.0 Å². The Bertz CT molecular complexity index is 906. The van der Waals surface area contributed by atoms with Crippen molar-refractivity contribution in [3.63, 3.8) is 0 Å². The van der Waals surface area contributed by atoms with Crippen molar-refractivity contribution in [2.75, 3.05) is 29.4 Å². The molecule has 5 nitrogen and oxygen atoms in total. The minimum absolute atomic E-state index is 0.0235. The minimum atomic E-state index is -3.56. The van der Waals surface area contributed by atoms with Crippen molar-refractivity contribution >= 4 is 33.4 Å². The SMILES string of the molecule is CC(C)(C)c1ccc(N(CC(=O)NCCCSCc2ccccc2)S(C)(=O)=O)cc1. The van der Waals surface area contributed by atoms with Crippen LogP contribution in [0.15, 0.2) is 54.6 Å². The Hall–Kier alpha value is -1.99. The zero-order valence-electron chi connectivity index (χ0n) is 18.2. The van der Waals surface area contributed by atoms with Crippen LogP contribution in [0.25, 0.3) is 0 Å². The lowest BCUT2D eigenvalue weighted by molar-refractivity contribution is -0.119. The first-order valence-electron chi connectivity index (χ1n) is 10.0. The van der Waals surface area contributed by atoms with Gasteiger partial charge in [-0.05, 0) is 40.8 Å². The van der Waals surface area contributed by atoms with E-state index in [2.05, 4.69) is 38.2 Å². The fourth-order valence-corrected chi connectivity index (χ4v) is 4.66. The molecule has 0 aromatic heterocycles. The zero-order chi connectivity index (χ0) is 22.2. The molecule has 30 heavy (non-hydrogen) atoms. The molecule has 0 unspecified atom stereocenters. The maximum atomic E-state index is 12.3. The van der Waals surface area contributed by atoms with Gasteiger partial charge >= 0.3 is 0 Å². The van der Waals surface area contributed by atoms with Gasteiger partial charge < -0.3 is 5.32 Å². The van der Waals surface area contributed by atoms with E-state index in [0.717, 1.165) is 34.1 Å². The zero-order valence-corrected chi connectivity index (χ0v) is 19.9. The molecule has 0 aliphatic rings. The van der Waals surface area contributed by atoms with Crippen LogP contribution in [-0.4, -0.2) is 39.4 Å². The van der Waals surface area contributed by atoms with E-state index >= 15 is 0 Å². The summed E-state index contributed by atoms with van der Waals surface area (Å²) >= 11 is 1.82. The number of carbonyl (C=O) groups excluding carboxylic acids is 1. The number of rotatable bonds is 10. The Morgan fingerprint density at radius 2 is 1.67 bits per heavy atom. The standard InChI is InChI=1S/C23H32N2O3S2/c1-23(2,3)20-11-13-21(14-12-20)25(30(4,27)28)17-22(26)24-15-8-16-29-18-19-9-6-5-7-10-19/h5-7,9-14H,8,15-18H2,1-4H3,(H,24,26). The molecule has 0 radical (unpaired) electrons. The van der Waals surface area contributed by atoms with Gasteiger partial charge in [0.05, 0.1) is 11.9 Å². The predicted octanol–water partition coefficient (Wildman–Crippen LogP) is 4.19. The van der Waals surface area contributed by atoms with Crippen LogP contribution in [0.1, 0.15) is 38.3 Å². The Morgan fingerprint density at radius 1 is 1.03 bits per heavy atom. The number of hydrogen-bond donors (Lipinski definition) is 1. The second-order valence-electron chi connectivity index (χ2n) is 8.31. The minimum Gasteiger partial charge on any atom is -0.354 e. The molecule has 2 aromatic carbocycles. The van der Waals surface area contributed by atoms with Crippen molar-refractivity contribution in [3.8, 4) is 0 Å². The average Bonchev–Trinajstić information content (AvgIpc) is 2.68. The third-order valence-electron chi connectivity index (χ3n) is 4.61. The molecule has 0 heterocycles. The second-order valence-corrected chi connectivity index (χ2v) is 11.3. The van der Waals surface area contributed by atoms with Crippen molar-refractivity contribution < 1.29 is 13.2 Å². The fourth-order valence-electron chi connectivity index (χ4n) is 2.88. The van der Waals surface area contributed by atoms with Gasteiger partial charge in [-0.15, -0.1) is 0 Å². The van der Waals surface area contributed by atoms with Crippen molar-refractivity contribution in [1.82, 2.24) is 5.32 Å². The summed E-state index contributed by atoms with van der Waals surface area (Å²) in [5, 5.41) is 2.83. The van der Waals surface area contributed by atoms with Gasteiger partial charge in [0, 0.05) is 12.3 Å². The Morgan fingerprint density at radius 3 is 2.23 bits per heavy atom. The molecule has 164 valence electrons. The number of nitrogens with one attached hydrogen (secondary N) is 1. The number of hydrogen-bond acceptors (Lipinski definition) is 4. The molecule has 0 saturated carbocycles. The monoisotopic (exact) mass is 448 g/mol. The van der Waals surface area contributed by atoms with Crippen LogP contribution in [0.5, 0.6) is 0 Å². The van der Waals surface area contributed by atoms with Gasteiger partial charge in [-0.3, -0.25) is 9.10 Å². The molecule has 0 spiro atoms. The van der Waals surface area contributed by atoms with Gasteiger partial charge in [0.15, 0.2) is 0 Å². The van der Waals surface area contributed by atoms with E-state index in [1.807, 2.05) is 42.1 Å². The summed E-state index contributed by atoms with van der Waals surface area (Å²) in [4.78, 5) is 12.3. The summed E-state index contributed by atoms with van der Waals surface area (Å²) in [5.41, 5.74) is 2.87. The Labute approximate surface area is 185 Å². The first-order chi connectivity index (χ1) is 14.1. The second kappa shape index (κ2) is 10.9. The molecule has 0 bridgehead atoms. The van der Waals surface area contributed by atoms with Crippen LogP contribution in [-0.2, 0) is 26.0 Å². The molecular weight excluding hydrogens is 416 g/mol. The largest absolute Gasteiger partial charge is 0.354 e. The van der Waals surface area contributed by atoms with Gasteiger partial charge in [-0.25, -0.2) is 8.42 Å². The summed E-state index contributed by atoms with van der Waals surface area (Å²) in [6.07, 6.45) is 1.96. The lowest BCUT2D eigenvalue weighted by atomic mass is 9.87. The van der Waals surface area contributed by atoms with Gasteiger partial charge in [0.1, 0.15) is 6.54 Å². The van der Waals surface area contributed by atoms with Crippen molar-refractivity contribution in [2.24, 2.45) is 0 Å². The number of thioether (sulfide) groups is 1. The summed E-state index contributed by atoms with van der Waals surface area (Å²) in [6.45, 7) is 6.61. The van der Waals surface area contributed by atoms with Gasteiger partial charge in [-0.2, -0.15) is 11.8 Å². The number of nitrogens with zero attached hydrogens (tertiary/aromatic N) is 1. The topological polar surface area (TPSA) is 66.5 Å². The normalized spacial score (nSPS) is 11.9. The molecule has 0 saturated heterocycles. The number of carbonyl (C=O) groups is 1. The molecule has 7 heteroatoms. The third-order valence-corrected chi connectivity index (χ3v) is 6.86. The molecule has 0 aliphatic carbocycles. The van der Waals surface area contributed by atoms with Crippen LogP contribution in [0.4, 0.5) is 5.69 Å². The number of benzene rings is 2. The molecular formula is C23H32N2O3S2. The lowest BCUT2D eigenvalue weighted by Gasteiger charge is -2.24. The van der Waals surface area contributed by atoms with E-state index in [9.17, 15) is 13.2 Å². The van der Waals surface area contributed by atoms with E-state index in [4.69, 9.17) is 0 Å². The highest BCUT2D eigenvalue weighted by Gasteiger charge is 2.21. The summed E-state index contributed by atoms with van der Waals surface area (Å²) in [5.74, 6) is 1.58. The van der Waals surface area contributed by atoms with E-state index in [-0.39, 0.29) is 17.9 Å². The van der Waals surface area contributed by atoms with Crippen molar-refractivity contribution in [2.45, 2.75) is 38.4 Å². The van der Waals surface area contributed by atoms with E-state index in [1.54, 1.807) is 12.1 Å². The summed E-state index contributed by atoms with van der Waals surface area (Å²) in [6, 6.07) is 17.6. The van der Waals surface area contributed by atoms with Crippen LogP contribution in [0, 0.1) is 0 Å². The highest BCUT2D eigenvalue weighted by molar-refractivity contribution is 7.98. The van der Waals surface area contributed by atoms with Crippen molar-refractivity contribution in [1.29, 1.82) is 0 Å². The predicted molar refractivity (Wildman–Crippen MR) is 128 cm³/mol. The number of amides is 1. The Kier molecular flexibility index (Phi) is 8.79. The van der Waals surface area contributed by atoms with E-state index in [0.29, 0.717) is 12.2 Å². The summed E-state index contributed by atoms with van der Waals surface area (Å²) < 4.78 is 25.6. The highest BCUT2D eigenvalue weighted by atomic mass is 32.2. The first kappa shape index (κ1) is 24.3. The maximum absolute atomic E-state index is 12.3. The first-order valence-corrected chi connectivity index (χ1v) is 13.0. The van der Waals surface area contributed by atoms with Gasteiger partial charge in [-0.1, -0.05) is 63.2 Å². The number of anilines is 1. The Balaban J connectivity index is 1.82. The third kappa shape index (κ3) is 8.03. The molecule has 1 N–H and O–H groups in total. The molecule has 0 aliphatic heterocycles. The molecule has 0 fully saturated rings. The fraction of sp³-hybridized carbons (Fsp3) is 0.435. The lowest BCUT2D eigenvalue weighted by Crippen LogP contribution is -2.40. The maximum Gasteiger partial charge on any atom is 0.240 e. The van der Waals surface area contributed by atoms with Crippen LogP contribution < -0.4 is 9.62 Å². The molecule has 2 rings (SSSR count). The average molecular weight is 449 g/mol. The van der Waals surface area contributed by atoms with Gasteiger partial charge in [0.25, 0.3) is 0 Å². The van der Waals surface area contributed by atoms with Crippen molar-refractivity contribution in [3.05, 3.63) is 65.7 Å². The van der Waals surface area contributed by atoms with Gasteiger partial charge in [0.2, 0.25) is 15.9 Å². The molecule has 0 atom stereocenters. The molecule has 1 amide bonds. The number of sulfonamides is 1. The molecule has 2 aromatic rings. The van der Waals surface area contributed by atoms with Crippen LogP contribution in [0.3, 0.4) is 0 Å². The summed E-state index contributed by atoms with van der Waals surface area (Å²) in [7, 11) is -3.56. The van der Waals surface area contributed by atoms with Crippen LogP contribution in [0.2, 0.25) is 0 Å². The quantitative estimate of drug-likeness (QED) is 0.554. The highest BCUT2D eigenvalue weighted by Crippen LogP contribution is 2.25. The smallest absolute Gasteiger partial charge is 0.240 e. The van der Waals surface area contributed by atoms with Crippen LogP contribution >= 0.6 is 11.8 Å².